The van der Waals surface area contributed by atoms with Gasteiger partial charge in [-0.1, -0.05) is 18.2 Å². The Morgan fingerprint density at radius 3 is 2.38 bits per heavy atom. The van der Waals surface area contributed by atoms with Crippen LogP contribution in [0.1, 0.15) is 16.7 Å². The number of methoxy groups -OCH3 is 1. The molecule has 2 aromatic rings. The van der Waals surface area contributed by atoms with Gasteiger partial charge in [0.25, 0.3) is 0 Å². The van der Waals surface area contributed by atoms with Crippen molar-refractivity contribution in [2.75, 3.05) is 7.11 Å². The molecule has 0 atom stereocenters. The van der Waals surface area contributed by atoms with E-state index in [9.17, 15) is 5.26 Å². The second-order valence-corrected chi connectivity index (χ2v) is 5.11. The van der Waals surface area contributed by atoms with Crippen LogP contribution in [0.15, 0.2) is 46.9 Å². The highest BCUT2D eigenvalue weighted by molar-refractivity contribution is 9.10. The van der Waals surface area contributed by atoms with Crippen LogP contribution >= 0.6 is 15.9 Å². The van der Waals surface area contributed by atoms with Gasteiger partial charge in [-0.15, -0.1) is 0 Å². The molecule has 0 unspecified atom stereocenters. The number of hydrogen-bond acceptors (Lipinski definition) is 3. The first-order valence-corrected chi connectivity index (χ1v) is 6.93. The molecule has 0 aliphatic heterocycles. The van der Waals surface area contributed by atoms with Crippen LogP contribution in [0.5, 0.6) is 5.75 Å². The lowest BCUT2D eigenvalue weighted by molar-refractivity contribution is 0.412. The Kier molecular flexibility index (Phi) is 4.77. The Morgan fingerprint density at radius 1 is 1.14 bits per heavy atom. The molecule has 0 aliphatic carbocycles. The summed E-state index contributed by atoms with van der Waals surface area (Å²) in [5, 5.41) is 18.1. The molecule has 4 heteroatoms. The minimum Gasteiger partial charge on any atom is -0.496 e. The van der Waals surface area contributed by atoms with E-state index in [4.69, 9.17) is 10.00 Å². The molecule has 21 heavy (non-hydrogen) atoms. The van der Waals surface area contributed by atoms with Crippen molar-refractivity contribution in [3.05, 3.63) is 63.6 Å². The fourth-order valence-corrected chi connectivity index (χ4v) is 2.40. The molecule has 0 aliphatic rings. The first-order valence-electron chi connectivity index (χ1n) is 6.14. The number of ether oxygens (including phenoxy) is 1. The normalized spacial score (nSPS) is 10.6. The van der Waals surface area contributed by atoms with Crippen LogP contribution in [-0.2, 0) is 0 Å². The maximum absolute atomic E-state index is 9.32. The van der Waals surface area contributed by atoms with E-state index in [-0.39, 0.29) is 0 Å². The average molecular weight is 339 g/mol. The Morgan fingerprint density at radius 2 is 1.86 bits per heavy atom. The highest BCUT2D eigenvalue weighted by atomic mass is 79.9. The minimum atomic E-state index is 0.538. The maximum atomic E-state index is 9.32. The highest BCUT2D eigenvalue weighted by Gasteiger charge is 2.04. The molecule has 0 fully saturated rings. The largest absolute Gasteiger partial charge is 0.496 e. The maximum Gasteiger partial charge on any atom is 0.133 e. The number of halogens is 1. The molecule has 0 radical (unpaired) electrons. The molecule has 2 aromatic carbocycles. The minimum absolute atomic E-state index is 0.538. The van der Waals surface area contributed by atoms with E-state index in [1.54, 1.807) is 37.5 Å². The number of nitriles is 2. The second-order valence-electron chi connectivity index (χ2n) is 4.25. The van der Waals surface area contributed by atoms with E-state index in [0.29, 0.717) is 11.1 Å². The summed E-state index contributed by atoms with van der Waals surface area (Å²) in [6.07, 6.45) is 1.80. The first-order chi connectivity index (χ1) is 10.2. The monoisotopic (exact) mass is 338 g/mol. The van der Waals surface area contributed by atoms with E-state index in [0.717, 1.165) is 21.3 Å². The quantitative estimate of drug-likeness (QED) is 0.615. The Bertz CT molecular complexity index is 765. The van der Waals surface area contributed by atoms with Gasteiger partial charge < -0.3 is 4.74 Å². The van der Waals surface area contributed by atoms with Crippen molar-refractivity contribution in [3.63, 3.8) is 0 Å². The van der Waals surface area contributed by atoms with Gasteiger partial charge in [-0.25, -0.2) is 0 Å². The van der Waals surface area contributed by atoms with Crippen LogP contribution < -0.4 is 4.74 Å². The van der Waals surface area contributed by atoms with Crippen molar-refractivity contribution >= 4 is 27.6 Å². The number of allylic oxidation sites excluding steroid dienone is 1. The summed E-state index contributed by atoms with van der Waals surface area (Å²) in [5.74, 6) is 0.740. The summed E-state index contributed by atoms with van der Waals surface area (Å²) in [6.45, 7) is 0. The Labute approximate surface area is 131 Å². The summed E-state index contributed by atoms with van der Waals surface area (Å²) < 4.78 is 6.01. The fourth-order valence-electron chi connectivity index (χ4n) is 1.84. The van der Waals surface area contributed by atoms with Crippen LogP contribution in [0.2, 0.25) is 0 Å². The summed E-state index contributed by atoms with van der Waals surface area (Å²) in [4.78, 5) is 0. The molecule has 0 saturated heterocycles. The lowest BCUT2D eigenvalue weighted by atomic mass is 10.0. The number of rotatable bonds is 3. The zero-order valence-electron chi connectivity index (χ0n) is 11.3. The van der Waals surface area contributed by atoms with Gasteiger partial charge in [-0.05, 0) is 57.4 Å². The smallest absolute Gasteiger partial charge is 0.133 e. The third-order valence-electron chi connectivity index (χ3n) is 2.93. The summed E-state index contributed by atoms with van der Waals surface area (Å²) in [5.41, 5.74) is 2.78. The van der Waals surface area contributed by atoms with E-state index >= 15 is 0 Å². The van der Waals surface area contributed by atoms with Gasteiger partial charge in [0, 0.05) is 0 Å². The van der Waals surface area contributed by atoms with E-state index < -0.39 is 0 Å². The van der Waals surface area contributed by atoms with E-state index in [1.807, 2.05) is 18.2 Å². The molecule has 0 bridgehead atoms. The van der Waals surface area contributed by atoms with Crippen molar-refractivity contribution < 1.29 is 4.74 Å². The van der Waals surface area contributed by atoms with Gasteiger partial charge in [0.15, 0.2) is 0 Å². The third-order valence-corrected chi connectivity index (χ3v) is 3.55. The van der Waals surface area contributed by atoms with Crippen LogP contribution in [0, 0.1) is 22.7 Å². The predicted octanol–water partition coefficient (Wildman–Crippen LogP) is 4.39. The lowest BCUT2D eigenvalue weighted by Gasteiger charge is -2.04. The highest BCUT2D eigenvalue weighted by Crippen LogP contribution is 2.27. The molecule has 0 heterocycles. The van der Waals surface area contributed by atoms with Crippen LogP contribution in [0.25, 0.3) is 11.6 Å². The van der Waals surface area contributed by atoms with E-state index in [2.05, 4.69) is 28.1 Å². The SMILES string of the molecule is COc1ccc(/C=C(/C#N)c2ccc(C#N)cc2)cc1Br. The molecule has 0 amide bonds. The van der Waals surface area contributed by atoms with Crippen molar-refractivity contribution in [1.82, 2.24) is 0 Å². The molecule has 102 valence electrons. The van der Waals surface area contributed by atoms with Gasteiger partial charge in [0.1, 0.15) is 5.75 Å². The van der Waals surface area contributed by atoms with Crippen molar-refractivity contribution in [2.24, 2.45) is 0 Å². The molecular formula is C17H11BrN2O. The molecule has 0 aromatic heterocycles. The first kappa shape index (κ1) is 14.8. The van der Waals surface area contributed by atoms with Gasteiger partial charge in [-0.2, -0.15) is 10.5 Å². The van der Waals surface area contributed by atoms with Crippen molar-refractivity contribution in [3.8, 4) is 17.9 Å². The van der Waals surface area contributed by atoms with Crippen LogP contribution in [0.4, 0.5) is 0 Å². The zero-order valence-corrected chi connectivity index (χ0v) is 12.9. The Balaban J connectivity index is 2.38. The topological polar surface area (TPSA) is 56.8 Å². The summed E-state index contributed by atoms with van der Waals surface area (Å²) in [6, 6.07) is 16.8. The van der Waals surface area contributed by atoms with Crippen LogP contribution in [-0.4, -0.2) is 7.11 Å². The van der Waals surface area contributed by atoms with Gasteiger partial charge in [-0.3, -0.25) is 0 Å². The van der Waals surface area contributed by atoms with Crippen molar-refractivity contribution in [2.45, 2.75) is 0 Å². The average Bonchev–Trinajstić information content (AvgIpc) is 2.53. The van der Waals surface area contributed by atoms with Gasteiger partial charge in [0.2, 0.25) is 0 Å². The molecule has 0 spiro atoms. The standard InChI is InChI=1S/C17H11BrN2O/c1-21-17-7-4-13(9-16(17)18)8-15(11-20)14-5-2-12(10-19)3-6-14/h2-9H,1H3/b15-8-. The lowest BCUT2D eigenvalue weighted by Crippen LogP contribution is -1.86. The van der Waals surface area contributed by atoms with Crippen LogP contribution in [0.3, 0.4) is 0 Å². The molecule has 0 saturated carbocycles. The summed E-state index contributed by atoms with van der Waals surface area (Å²) in [7, 11) is 1.60. The second kappa shape index (κ2) is 6.74. The number of hydrogen-bond donors (Lipinski definition) is 0. The molecule has 0 N–H and O–H groups in total. The van der Waals surface area contributed by atoms with Gasteiger partial charge >= 0.3 is 0 Å². The Hall–Kier alpha value is -2.56. The summed E-state index contributed by atoms with van der Waals surface area (Å²) >= 11 is 3.42. The predicted molar refractivity (Wildman–Crippen MR) is 85.3 cm³/mol. The zero-order chi connectivity index (χ0) is 15.2. The molecular weight excluding hydrogens is 328 g/mol. The fraction of sp³-hybridized carbons (Fsp3) is 0.0588. The third kappa shape index (κ3) is 3.51. The number of nitrogens with zero attached hydrogens (tertiary/aromatic N) is 2. The van der Waals surface area contributed by atoms with E-state index in [1.165, 1.54) is 0 Å². The molecule has 2 rings (SSSR count). The van der Waals surface area contributed by atoms with Gasteiger partial charge in [0.05, 0.1) is 34.9 Å². The number of benzene rings is 2. The molecule has 3 nitrogen and oxygen atoms in total. The van der Waals surface area contributed by atoms with Crippen molar-refractivity contribution in [1.29, 1.82) is 10.5 Å².